The molecule has 0 bridgehead atoms. The Labute approximate surface area is 139 Å². The van der Waals surface area contributed by atoms with Crippen LogP contribution in [0.2, 0.25) is 0 Å². The number of nitrogens with two attached hydrogens (primary N) is 1. The molecule has 3 rings (SSSR count). The molecule has 0 unspecified atom stereocenters. The van der Waals surface area contributed by atoms with Crippen LogP contribution in [-0.4, -0.2) is 35.0 Å². The Kier molecular flexibility index (Phi) is 4.61. The minimum Gasteiger partial charge on any atom is -0.369 e. The highest BCUT2D eigenvalue weighted by molar-refractivity contribution is 5.95. The molecule has 2 heterocycles. The highest BCUT2D eigenvalue weighted by Gasteiger charge is 2.35. The first-order valence-electron chi connectivity index (χ1n) is 7.87. The summed E-state index contributed by atoms with van der Waals surface area (Å²) in [6, 6.07) is 10.6. The van der Waals surface area contributed by atoms with Crippen LogP contribution in [0.3, 0.4) is 0 Å². The highest BCUT2D eigenvalue weighted by Crippen LogP contribution is 2.29. The molecule has 0 saturated carbocycles. The molecule has 24 heavy (non-hydrogen) atoms. The van der Waals surface area contributed by atoms with Crippen LogP contribution in [0.5, 0.6) is 0 Å². The van der Waals surface area contributed by atoms with E-state index in [0.29, 0.717) is 31.1 Å². The Morgan fingerprint density at radius 2 is 2.12 bits per heavy atom. The van der Waals surface area contributed by atoms with Crippen LogP contribution in [0.25, 0.3) is 0 Å². The fourth-order valence-corrected chi connectivity index (χ4v) is 3.04. The van der Waals surface area contributed by atoms with Gasteiger partial charge in [-0.25, -0.2) is 0 Å². The number of carbonyl (C=O) groups excluding carboxylic acids is 2. The number of hydrogen-bond acceptors (Lipinski definition) is 5. The van der Waals surface area contributed by atoms with Crippen LogP contribution >= 0.6 is 0 Å². The van der Waals surface area contributed by atoms with Crippen LogP contribution < -0.4 is 11.1 Å². The van der Waals surface area contributed by atoms with E-state index in [9.17, 15) is 9.59 Å². The van der Waals surface area contributed by atoms with Gasteiger partial charge in [0.1, 0.15) is 11.8 Å². The number of rotatable bonds is 5. The first kappa shape index (κ1) is 16.2. The molecule has 0 spiro atoms. The van der Waals surface area contributed by atoms with Gasteiger partial charge in [0.15, 0.2) is 5.82 Å². The fraction of sp³-hybridized carbons (Fsp3) is 0.353. The third-order valence-electron chi connectivity index (χ3n) is 4.23. The van der Waals surface area contributed by atoms with Crippen molar-refractivity contribution in [3.63, 3.8) is 0 Å². The number of primary amides is 1. The average molecular weight is 328 g/mol. The Balaban J connectivity index is 1.82. The molecule has 126 valence electrons. The molecule has 3 N–H and O–H groups in total. The van der Waals surface area contributed by atoms with Crippen molar-refractivity contribution in [2.24, 2.45) is 11.7 Å². The molecule has 7 nitrogen and oxygen atoms in total. The number of likely N-dealkylation sites (tertiary alicyclic amines) is 1. The smallest absolute Gasteiger partial charge is 0.247 e. The quantitative estimate of drug-likeness (QED) is 0.865. The molecule has 0 aliphatic carbocycles. The van der Waals surface area contributed by atoms with Crippen molar-refractivity contribution in [1.29, 1.82) is 0 Å². The second-order valence-corrected chi connectivity index (χ2v) is 6.01. The van der Waals surface area contributed by atoms with Gasteiger partial charge in [-0.15, -0.1) is 0 Å². The van der Waals surface area contributed by atoms with Gasteiger partial charge >= 0.3 is 0 Å². The first-order chi connectivity index (χ1) is 11.5. The van der Waals surface area contributed by atoms with E-state index in [4.69, 9.17) is 10.3 Å². The van der Waals surface area contributed by atoms with E-state index >= 15 is 0 Å². The van der Waals surface area contributed by atoms with Crippen LogP contribution in [-0.2, 0) is 9.59 Å². The number of hydrogen-bond donors (Lipinski definition) is 2. The molecule has 1 aliphatic heterocycles. The Morgan fingerprint density at radius 3 is 2.71 bits per heavy atom. The number of carbonyl (C=O) groups is 2. The van der Waals surface area contributed by atoms with Crippen molar-refractivity contribution in [2.45, 2.75) is 19.4 Å². The zero-order valence-electron chi connectivity index (χ0n) is 13.4. The summed E-state index contributed by atoms with van der Waals surface area (Å²) >= 11 is 0. The SMILES string of the molecule is Cc1cc(NC(=O)[C@@H](c2ccccc2)N2CC[C@H](C(N)=O)C2)no1. The van der Waals surface area contributed by atoms with Gasteiger partial charge in [-0.1, -0.05) is 35.5 Å². The number of nitrogens with zero attached hydrogens (tertiary/aromatic N) is 2. The maximum absolute atomic E-state index is 12.8. The van der Waals surface area contributed by atoms with E-state index in [1.807, 2.05) is 35.2 Å². The fourth-order valence-electron chi connectivity index (χ4n) is 3.04. The third kappa shape index (κ3) is 3.46. The summed E-state index contributed by atoms with van der Waals surface area (Å²) in [5.74, 6) is 0.246. The predicted octanol–water partition coefficient (Wildman–Crippen LogP) is 1.47. The average Bonchev–Trinajstić information content (AvgIpc) is 3.18. The summed E-state index contributed by atoms with van der Waals surface area (Å²) in [7, 11) is 0. The van der Waals surface area contributed by atoms with Crippen molar-refractivity contribution in [2.75, 3.05) is 18.4 Å². The molecule has 1 aromatic carbocycles. The zero-order valence-corrected chi connectivity index (χ0v) is 13.4. The standard InChI is InChI=1S/C17H20N4O3/c1-11-9-14(20-24-11)19-17(23)15(12-5-3-2-4-6-12)21-8-7-13(10-21)16(18)22/h2-6,9,13,15H,7-8,10H2,1H3,(H2,18,22)(H,19,20,23)/t13-,15+/m0/s1. The molecule has 0 radical (unpaired) electrons. The number of anilines is 1. The number of amides is 2. The van der Waals surface area contributed by atoms with E-state index in [1.165, 1.54) is 0 Å². The van der Waals surface area contributed by atoms with E-state index in [0.717, 1.165) is 5.56 Å². The number of aryl methyl sites for hydroxylation is 1. The second kappa shape index (κ2) is 6.84. The summed E-state index contributed by atoms with van der Waals surface area (Å²) in [5, 5.41) is 6.58. The van der Waals surface area contributed by atoms with Crippen LogP contribution in [0.4, 0.5) is 5.82 Å². The van der Waals surface area contributed by atoms with Gasteiger partial charge in [0.05, 0.1) is 5.92 Å². The lowest BCUT2D eigenvalue weighted by molar-refractivity contribution is -0.123. The maximum atomic E-state index is 12.8. The molecule has 2 atom stereocenters. The lowest BCUT2D eigenvalue weighted by Crippen LogP contribution is -2.37. The maximum Gasteiger partial charge on any atom is 0.247 e. The van der Waals surface area contributed by atoms with E-state index in [-0.39, 0.29) is 17.7 Å². The van der Waals surface area contributed by atoms with Crippen molar-refractivity contribution in [3.05, 3.63) is 47.7 Å². The summed E-state index contributed by atoms with van der Waals surface area (Å²) in [6.07, 6.45) is 0.662. The van der Waals surface area contributed by atoms with Gasteiger partial charge < -0.3 is 15.6 Å². The predicted molar refractivity (Wildman–Crippen MR) is 87.9 cm³/mol. The number of nitrogens with one attached hydrogen (secondary N) is 1. The third-order valence-corrected chi connectivity index (χ3v) is 4.23. The van der Waals surface area contributed by atoms with Crippen molar-refractivity contribution in [1.82, 2.24) is 10.1 Å². The monoisotopic (exact) mass is 328 g/mol. The Hall–Kier alpha value is -2.67. The zero-order chi connectivity index (χ0) is 17.1. The van der Waals surface area contributed by atoms with Crippen LogP contribution in [0.15, 0.2) is 40.9 Å². The molecule has 1 aromatic heterocycles. The van der Waals surface area contributed by atoms with Gasteiger partial charge in [0.2, 0.25) is 11.8 Å². The molecular formula is C17H20N4O3. The normalized spacial score (nSPS) is 19.1. The first-order valence-corrected chi connectivity index (χ1v) is 7.87. The highest BCUT2D eigenvalue weighted by atomic mass is 16.5. The largest absolute Gasteiger partial charge is 0.369 e. The Bertz CT molecular complexity index is 728. The Morgan fingerprint density at radius 1 is 1.38 bits per heavy atom. The molecule has 1 saturated heterocycles. The molecule has 1 fully saturated rings. The summed E-state index contributed by atoms with van der Waals surface area (Å²) in [4.78, 5) is 26.3. The summed E-state index contributed by atoms with van der Waals surface area (Å²) in [5.41, 5.74) is 6.27. The molecule has 2 amide bonds. The number of aromatic nitrogens is 1. The van der Waals surface area contributed by atoms with Crippen molar-refractivity contribution in [3.8, 4) is 0 Å². The van der Waals surface area contributed by atoms with E-state index in [2.05, 4.69) is 10.5 Å². The molecular weight excluding hydrogens is 308 g/mol. The van der Waals surface area contributed by atoms with Gasteiger partial charge in [-0.3, -0.25) is 14.5 Å². The van der Waals surface area contributed by atoms with Crippen LogP contribution in [0, 0.1) is 12.8 Å². The van der Waals surface area contributed by atoms with E-state index in [1.54, 1.807) is 13.0 Å². The van der Waals surface area contributed by atoms with Crippen LogP contribution in [0.1, 0.15) is 23.8 Å². The van der Waals surface area contributed by atoms with Gasteiger partial charge in [0.25, 0.3) is 0 Å². The summed E-state index contributed by atoms with van der Waals surface area (Å²) in [6.45, 7) is 2.87. The lowest BCUT2D eigenvalue weighted by Gasteiger charge is -2.26. The van der Waals surface area contributed by atoms with E-state index < -0.39 is 6.04 Å². The van der Waals surface area contributed by atoms with Gasteiger partial charge in [-0.2, -0.15) is 0 Å². The molecule has 7 heteroatoms. The lowest BCUT2D eigenvalue weighted by atomic mass is 10.0. The van der Waals surface area contributed by atoms with Gasteiger partial charge in [0, 0.05) is 19.2 Å². The minimum absolute atomic E-state index is 0.209. The summed E-state index contributed by atoms with van der Waals surface area (Å²) < 4.78 is 4.99. The van der Waals surface area contributed by atoms with Gasteiger partial charge in [-0.05, 0) is 18.9 Å². The second-order valence-electron chi connectivity index (χ2n) is 6.01. The minimum atomic E-state index is -0.507. The molecule has 2 aromatic rings. The number of benzene rings is 1. The van der Waals surface area contributed by atoms with Crippen molar-refractivity contribution >= 4 is 17.6 Å². The van der Waals surface area contributed by atoms with Crippen molar-refractivity contribution < 1.29 is 14.1 Å². The molecule has 1 aliphatic rings. The topological polar surface area (TPSA) is 101 Å².